The standard InChI is InChI=1S/C9H13N7O5S/c10-1-5-7-4(2-15(13-7)8(11)12)6-3-14(5)9(17)16(6)21-22(18,19)20/h2,5-6H,1,3,10H2,(H3,11,12)(H,18,19,20)/t5-,6-/m1/s1. The maximum Gasteiger partial charge on any atom is 0.418 e. The lowest BCUT2D eigenvalue weighted by molar-refractivity contribution is -0.0317. The van der Waals surface area contributed by atoms with Gasteiger partial charge in [-0.05, 0) is 0 Å². The summed E-state index contributed by atoms with van der Waals surface area (Å²) in [6.07, 6.45) is 1.40. The number of nitrogens with one attached hydrogen (secondary N) is 1. The summed E-state index contributed by atoms with van der Waals surface area (Å²) in [5.74, 6) is -0.343. The summed E-state index contributed by atoms with van der Waals surface area (Å²) in [6.45, 7) is 0.160. The third kappa shape index (κ3) is 2.10. The van der Waals surface area contributed by atoms with Crippen LogP contribution >= 0.6 is 0 Å². The van der Waals surface area contributed by atoms with Crippen LogP contribution in [0.4, 0.5) is 4.79 Å². The molecule has 2 bridgehead atoms. The zero-order valence-corrected chi connectivity index (χ0v) is 11.9. The summed E-state index contributed by atoms with van der Waals surface area (Å²) in [7, 11) is -4.86. The van der Waals surface area contributed by atoms with Gasteiger partial charge in [0, 0.05) is 18.3 Å². The molecule has 2 aliphatic heterocycles. The number of hydroxylamine groups is 2. The van der Waals surface area contributed by atoms with Crippen molar-refractivity contribution in [2.24, 2.45) is 11.5 Å². The van der Waals surface area contributed by atoms with Gasteiger partial charge in [0.25, 0.3) is 0 Å². The number of nitrogens with two attached hydrogens (primary N) is 2. The number of urea groups is 1. The Morgan fingerprint density at radius 3 is 2.82 bits per heavy atom. The summed E-state index contributed by atoms with van der Waals surface area (Å²) in [5.41, 5.74) is 11.9. The third-order valence-electron chi connectivity index (χ3n) is 3.55. The molecular weight excluding hydrogens is 318 g/mol. The number of hydrogen-bond donors (Lipinski definition) is 4. The van der Waals surface area contributed by atoms with Crippen molar-refractivity contribution in [1.29, 1.82) is 5.41 Å². The quantitative estimate of drug-likeness (QED) is 0.283. The van der Waals surface area contributed by atoms with Gasteiger partial charge < -0.3 is 16.4 Å². The molecule has 3 heterocycles. The van der Waals surface area contributed by atoms with Gasteiger partial charge in [-0.25, -0.2) is 9.48 Å². The summed E-state index contributed by atoms with van der Waals surface area (Å²) in [4.78, 5) is 13.5. The number of amides is 2. The van der Waals surface area contributed by atoms with Crippen molar-refractivity contribution >= 4 is 22.4 Å². The maximum atomic E-state index is 12.2. The van der Waals surface area contributed by atoms with Crippen LogP contribution < -0.4 is 11.5 Å². The fourth-order valence-corrected chi connectivity index (χ4v) is 3.07. The van der Waals surface area contributed by atoms with Crippen LogP contribution in [0.5, 0.6) is 0 Å². The molecule has 13 heteroatoms. The predicted molar refractivity (Wildman–Crippen MR) is 70.7 cm³/mol. The van der Waals surface area contributed by atoms with Crippen LogP contribution in [0.25, 0.3) is 0 Å². The fourth-order valence-electron chi connectivity index (χ4n) is 2.70. The van der Waals surface area contributed by atoms with Crippen LogP contribution in [0.2, 0.25) is 0 Å². The van der Waals surface area contributed by atoms with E-state index in [1.165, 1.54) is 11.1 Å². The first-order valence-corrected chi connectivity index (χ1v) is 7.50. The van der Waals surface area contributed by atoms with Gasteiger partial charge in [0.1, 0.15) is 6.04 Å². The van der Waals surface area contributed by atoms with E-state index in [9.17, 15) is 13.2 Å². The average molecular weight is 331 g/mol. The van der Waals surface area contributed by atoms with Crippen molar-refractivity contribution < 1.29 is 22.0 Å². The summed E-state index contributed by atoms with van der Waals surface area (Å²) in [5, 5.41) is 12.1. The van der Waals surface area contributed by atoms with Crippen LogP contribution in [0, 0.1) is 5.41 Å². The second kappa shape index (κ2) is 4.64. The minimum atomic E-state index is -4.86. The molecule has 6 N–H and O–H groups in total. The number of carbonyl (C=O) groups excluding carboxylic acids is 1. The first-order chi connectivity index (χ1) is 10.2. The Morgan fingerprint density at radius 1 is 1.59 bits per heavy atom. The van der Waals surface area contributed by atoms with E-state index in [-0.39, 0.29) is 19.0 Å². The highest BCUT2D eigenvalue weighted by atomic mass is 32.3. The van der Waals surface area contributed by atoms with Gasteiger partial charge in [-0.2, -0.15) is 18.6 Å². The zero-order valence-electron chi connectivity index (χ0n) is 11.1. The molecule has 1 saturated heterocycles. The largest absolute Gasteiger partial charge is 0.418 e. The number of rotatable bonds is 3. The molecule has 0 unspecified atom stereocenters. The molecule has 1 aromatic rings. The van der Waals surface area contributed by atoms with E-state index in [4.69, 9.17) is 21.4 Å². The van der Waals surface area contributed by atoms with E-state index in [0.717, 1.165) is 4.68 Å². The molecule has 120 valence electrons. The molecule has 0 aliphatic carbocycles. The Balaban J connectivity index is 2.08. The minimum Gasteiger partial charge on any atom is -0.368 e. The van der Waals surface area contributed by atoms with Crippen LogP contribution in [0.15, 0.2) is 6.20 Å². The number of carbonyl (C=O) groups is 1. The number of nitrogen functional groups attached to an aromatic ring is 1. The molecule has 0 saturated carbocycles. The number of nitrogens with zero attached hydrogens (tertiary/aromatic N) is 4. The van der Waals surface area contributed by atoms with E-state index in [2.05, 4.69) is 9.38 Å². The zero-order chi connectivity index (χ0) is 16.2. The summed E-state index contributed by atoms with van der Waals surface area (Å²) < 4.78 is 36.1. The molecule has 1 aromatic heterocycles. The van der Waals surface area contributed by atoms with Crippen LogP contribution in [-0.2, 0) is 14.7 Å². The Bertz CT molecular complexity index is 758. The first kappa shape index (κ1) is 14.7. The Hall–Kier alpha value is -2.22. The van der Waals surface area contributed by atoms with Crippen molar-refractivity contribution in [2.75, 3.05) is 13.1 Å². The van der Waals surface area contributed by atoms with Crippen molar-refractivity contribution in [1.82, 2.24) is 19.7 Å². The van der Waals surface area contributed by atoms with Gasteiger partial charge >= 0.3 is 16.4 Å². The first-order valence-electron chi connectivity index (χ1n) is 6.13. The SMILES string of the molecule is N=C(N)n1cc2c(n1)[C@@H](CN)N1C[C@H]2N(OS(=O)(=O)O)C1=O. The van der Waals surface area contributed by atoms with E-state index >= 15 is 0 Å². The molecule has 12 nitrogen and oxygen atoms in total. The van der Waals surface area contributed by atoms with Crippen LogP contribution in [0.1, 0.15) is 23.3 Å². The lowest BCUT2D eigenvalue weighted by Gasteiger charge is -2.28. The molecular formula is C9H13N7O5S. The highest BCUT2D eigenvalue weighted by Gasteiger charge is 2.51. The number of hydrogen-bond acceptors (Lipinski definition) is 7. The second-order valence-electron chi connectivity index (χ2n) is 4.83. The fraction of sp³-hybridized carbons (Fsp3) is 0.444. The lowest BCUT2D eigenvalue weighted by Crippen LogP contribution is -2.38. The smallest absolute Gasteiger partial charge is 0.368 e. The van der Waals surface area contributed by atoms with Gasteiger partial charge in [-0.1, -0.05) is 0 Å². The highest BCUT2D eigenvalue weighted by Crippen LogP contribution is 2.43. The second-order valence-corrected chi connectivity index (χ2v) is 5.83. The molecule has 2 amide bonds. The van der Waals surface area contributed by atoms with Crippen LogP contribution in [-0.4, -0.2) is 57.8 Å². The van der Waals surface area contributed by atoms with Gasteiger partial charge in [0.15, 0.2) is 0 Å². The van der Waals surface area contributed by atoms with Gasteiger partial charge in [0.2, 0.25) is 5.96 Å². The predicted octanol–water partition coefficient (Wildman–Crippen LogP) is -1.85. The van der Waals surface area contributed by atoms with E-state index < -0.39 is 28.5 Å². The van der Waals surface area contributed by atoms with Crippen molar-refractivity contribution in [3.63, 3.8) is 0 Å². The molecule has 0 spiro atoms. The molecule has 2 atom stereocenters. The van der Waals surface area contributed by atoms with Crippen molar-refractivity contribution in [3.8, 4) is 0 Å². The third-order valence-corrected chi connectivity index (χ3v) is 3.90. The monoisotopic (exact) mass is 331 g/mol. The Kier molecular flexibility index (Phi) is 3.10. The topological polar surface area (TPSA) is 181 Å². The molecule has 3 rings (SSSR count). The molecule has 0 radical (unpaired) electrons. The normalized spacial score (nSPS) is 23.8. The minimum absolute atomic E-state index is 0.0418. The van der Waals surface area contributed by atoms with Crippen molar-refractivity contribution in [2.45, 2.75) is 12.1 Å². The Labute approximate surface area is 124 Å². The van der Waals surface area contributed by atoms with Gasteiger partial charge in [-0.3, -0.25) is 9.96 Å². The molecule has 0 aromatic carbocycles. The highest BCUT2D eigenvalue weighted by molar-refractivity contribution is 7.80. The van der Waals surface area contributed by atoms with Gasteiger partial charge in [0.05, 0.1) is 18.3 Å². The number of fused-ring (bicyclic) bond motifs is 4. The average Bonchev–Trinajstić information content (AvgIpc) is 2.95. The lowest BCUT2D eigenvalue weighted by atomic mass is 9.98. The molecule has 1 fully saturated rings. The van der Waals surface area contributed by atoms with Crippen LogP contribution in [0.3, 0.4) is 0 Å². The van der Waals surface area contributed by atoms with E-state index in [0.29, 0.717) is 16.3 Å². The van der Waals surface area contributed by atoms with E-state index in [1.807, 2.05) is 0 Å². The molecule has 2 aliphatic rings. The van der Waals surface area contributed by atoms with Gasteiger partial charge in [-0.15, -0.1) is 4.28 Å². The summed E-state index contributed by atoms with van der Waals surface area (Å²) >= 11 is 0. The van der Waals surface area contributed by atoms with Crippen molar-refractivity contribution in [3.05, 3.63) is 17.5 Å². The molecule has 22 heavy (non-hydrogen) atoms. The Morgan fingerprint density at radius 2 is 2.27 bits per heavy atom. The maximum absolute atomic E-state index is 12.2. The number of aromatic nitrogens is 2. The van der Waals surface area contributed by atoms with E-state index in [1.54, 1.807) is 0 Å². The summed E-state index contributed by atoms with van der Waals surface area (Å²) in [6, 6.07) is -2.15.